The third kappa shape index (κ3) is 5.55. The highest BCUT2D eigenvalue weighted by Crippen LogP contribution is 2.17. The van der Waals surface area contributed by atoms with Crippen LogP contribution in [0, 0.1) is 13.8 Å². The number of rotatable bonds is 7. The summed E-state index contributed by atoms with van der Waals surface area (Å²) in [5, 5.41) is 7.59. The molecule has 7 nitrogen and oxygen atoms in total. The number of carbonyl (C=O) groups is 1. The van der Waals surface area contributed by atoms with Gasteiger partial charge in [0.15, 0.2) is 5.11 Å². The van der Waals surface area contributed by atoms with E-state index in [1.807, 2.05) is 38.1 Å². The summed E-state index contributed by atoms with van der Waals surface area (Å²) in [5.74, 6) is 0.468. The molecule has 0 saturated heterocycles. The monoisotopic (exact) mass is 388 g/mol. The smallest absolute Gasteiger partial charge is 0.340 e. The Balaban J connectivity index is 1.90. The summed E-state index contributed by atoms with van der Waals surface area (Å²) in [4.78, 5) is 15.1. The van der Waals surface area contributed by atoms with Gasteiger partial charge < -0.3 is 19.8 Å². The second kappa shape index (κ2) is 9.72. The van der Waals surface area contributed by atoms with Crippen LogP contribution in [0.1, 0.15) is 39.8 Å². The Morgan fingerprint density at radius 1 is 1.30 bits per heavy atom. The third-order valence-electron chi connectivity index (χ3n) is 3.93. The Kier molecular flexibility index (Phi) is 7.36. The number of hydrazone groups is 1. The van der Waals surface area contributed by atoms with Gasteiger partial charge in [0.05, 0.1) is 31.2 Å². The summed E-state index contributed by atoms with van der Waals surface area (Å²) in [6.45, 7) is 6.35. The van der Waals surface area contributed by atoms with Gasteiger partial charge >= 0.3 is 5.97 Å². The van der Waals surface area contributed by atoms with Crippen LogP contribution in [-0.4, -0.2) is 36.0 Å². The predicted octanol–water partition coefficient (Wildman–Crippen LogP) is 2.82. The second-order valence-corrected chi connectivity index (χ2v) is 6.19. The van der Waals surface area contributed by atoms with E-state index in [0.717, 1.165) is 28.3 Å². The van der Waals surface area contributed by atoms with Crippen molar-refractivity contribution in [2.45, 2.75) is 27.3 Å². The molecule has 0 amide bonds. The molecule has 1 aromatic carbocycles. The highest BCUT2D eigenvalue weighted by molar-refractivity contribution is 7.80. The lowest BCUT2D eigenvalue weighted by Gasteiger charge is -2.07. The maximum absolute atomic E-state index is 12.0. The molecule has 0 saturated carbocycles. The highest BCUT2D eigenvalue weighted by Gasteiger charge is 2.18. The quantitative estimate of drug-likeness (QED) is 0.293. The Bertz CT molecular complexity index is 828. The van der Waals surface area contributed by atoms with Gasteiger partial charge in [0.1, 0.15) is 5.75 Å². The Labute approximate surface area is 164 Å². The molecule has 0 fully saturated rings. The Hall–Kier alpha value is -2.87. The van der Waals surface area contributed by atoms with E-state index >= 15 is 0 Å². The van der Waals surface area contributed by atoms with E-state index in [0.29, 0.717) is 23.8 Å². The van der Waals surface area contributed by atoms with Crippen LogP contribution in [0.2, 0.25) is 0 Å². The SMILES string of the molecule is CCOC(=O)c1c(C)[nH]c(/C=N/NC(=S)NCc2ccc(OC)cc2)c1C. The number of methoxy groups -OCH3 is 1. The van der Waals surface area contributed by atoms with Gasteiger partial charge in [0, 0.05) is 12.2 Å². The average molecular weight is 388 g/mol. The number of aryl methyl sites for hydroxylation is 1. The van der Waals surface area contributed by atoms with E-state index in [1.165, 1.54) is 0 Å². The van der Waals surface area contributed by atoms with Crippen molar-refractivity contribution in [2.75, 3.05) is 13.7 Å². The van der Waals surface area contributed by atoms with Crippen LogP contribution < -0.4 is 15.5 Å². The van der Waals surface area contributed by atoms with E-state index in [-0.39, 0.29) is 5.97 Å². The number of thiocarbonyl (C=S) groups is 1. The van der Waals surface area contributed by atoms with Crippen LogP contribution in [0.25, 0.3) is 0 Å². The maximum atomic E-state index is 12.0. The molecule has 0 aliphatic carbocycles. The van der Waals surface area contributed by atoms with Crippen molar-refractivity contribution in [3.05, 3.63) is 52.3 Å². The summed E-state index contributed by atoms with van der Waals surface area (Å²) in [7, 11) is 1.63. The lowest BCUT2D eigenvalue weighted by atomic mass is 10.1. The second-order valence-electron chi connectivity index (χ2n) is 5.78. The zero-order chi connectivity index (χ0) is 19.8. The number of nitrogens with one attached hydrogen (secondary N) is 3. The zero-order valence-corrected chi connectivity index (χ0v) is 16.7. The molecule has 1 heterocycles. The third-order valence-corrected chi connectivity index (χ3v) is 4.16. The van der Waals surface area contributed by atoms with Gasteiger partial charge in [0.25, 0.3) is 0 Å². The normalized spacial score (nSPS) is 10.7. The standard InChI is InChI=1S/C19H24N4O3S/c1-5-26-18(24)17-12(2)16(22-13(17)3)11-21-23-19(27)20-10-14-6-8-15(25-4)9-7-14/h6-9,11,22H,5,10H2,1-4H3,(H2,20,23,27)/b21-11+. The van der Waals surface area contributed by atoms with Gasteiger partial charge in [-0.25, -0.2) is 4.79 Å². The van der Waals surface area contributed by atoms with Crippen molar-refractivity contribution >= 4 is 29.5 Å². The van der Waals surface area contributed by atoms with E-state index in [1.54, 1.807) is 20.2 Å². The van der Waals surface area contributed by atoms with Crippen molar-refractivity contribution in [1.82, 2.24) is 15.7 Å². The summed E-state index contributed by atoms with van der Waals surface area (Å²) in [6, 6.07) is 7.70. The largest absolute Gasteiger partial charge is 0.497 e. The molecule has 2 aromatic rings. The number of esters is 1. The molecule has 0 aliphatic heterocycles. The summed E-state index contributed by atoms with van der Waals surface area (Å²) in [5.41, 5.74) is 6.62. The molecule has 0 bridgehead atoms. The van der Waals surface area contributed by atoms with E-state index in [4.69, 9.17) is 21.7 Å². The fraction of sp³-hybridized carbons (Fsp3) is 0.316. The van der Waals surface area contributed by atoms with Gasteiger partial charge in [-0.15, -0.1) is 0 Å². The maximum Gasteiger partial charge on any atom is 0.340 e. The van der Waals surface area contributed by atoms with E-state index in [2.05, 4.69) is 20.8 Å². The first-order valence-corrected chi connectivity index (χ1v) is 8.93. The molecular formula is C19H24N4O3S. The fourth-order valence-corrected chi connectivity index (χ4v) is 2.66. The number of aromatic nitrogens is 1. The van der Waals surface area contributed by atoms with Gasteiger partial charge in [-0.1, -0.05) is 12.1 Å². The minimum Gasteiger partial charge on any atom is -0.497 e. The van der Waals surface area contributed by atoms with Crippen LogP contribution in [0.5, 0.6) is 5.75 Å². The molecule has 1 aromatic heterocycles. The van der Waals surface area contributed by atoms with Gasteiger partial charge in [-0.3, -0.25) is 5.43 Å². The lowest BCUT2D eigenvalue weighted by molar-refractivity contribution is 0.0525. The van der Waals surface area contributed by atoms with Crippen LogP contribution in [0.3, 0.4) is 0 Å². The number of hydrogen-bond donors (Lipinski definition) is 3. The van der Waals surface area contributed by atoms with E-state index in [9.17, 15) is 4.79 Å². The van der Waals surface area contributed by atoms with Crippen LogP contribution in [0.15, 0.2) is 29.4 Å². The highest BCUT2D eigenvalue weighted by atomic mass is 32.1. The number of nitrogens with zero attached hydrogens (tertiary/aromatic N) is 1. The molecule has 0 spiro atoms. The Morgan fingerprint density at radius 2 is 2.00 bits per heavy atom. The van der Waals surface area contributed by atoms with E-state index < -0.39 is 0 Å². The minimum atomic E-state index is -0.340. The first-order valence-electron chi connectivity index (χ1n) is 8.52. The van der Waals surface area contributed by atoms with Gasteiger partial charge in [-0.2, -0.15) is 5.10 Å². The first-order chi connectivity index (χ1) is 13.0. The van der Waals surface area contributed by atoms with Crippen LogP contribution in [0.4, 0.5) is 0 Å². The number of hydrogen-bond acceptors (Lipinski definition) is 5. The summed E-state index contributed by atoms with van der Waals surface area (Å²) in [6.07, 6.45) is 1.59. The van der Waals surface area contributed by atoms with Crippen molar-refractivity contribution in [3.63, 3.8) is 0 Å². The van der Waals surface area contributed by atoms with Crippen molar-refractivity contribution in [1.29, 1.82) is 0 Å². The summed E-state index contributed by atoms with van der Waals surface area (Å²) >= 11 is 5.21. The number of H-pyrrole nitrogens is 1. The molecule has 0 unspecified atom stereocenters. The van der Waals surface area contributed by atoms with Crippen LogP contribution in [-0.2, 0) is 11.3 Å². The number of benzene rings is 1. The molecule has 0 radical (unpaired) electrons. The predicted molar refractivity (Wildman–Crippen MR) is 109 cm³/mol. The van der Waals surface area contributed by atoms with Crippen molar-refractivity contribution in [2.24, 2.45) is 5.10 Å². The average Bonchev–Trinajstić information content (AvgIpc) is 2.94. The molecule has 27 heavy (non-hydrogen) atoms. The molecule has 144 valence electrons. The molecule has 3 N–H and O–H groups in total. The summed E-state index contributed by atoms with van der Waals surface area (Å²) < 4.78 is 10.2. The van der Waals surface area contributed by atoms with Crippen LogP contribution >= 0.6 is 12.2 Å². The molecular weight excluding hydrogens is 364 g/mol. The topological polar surface area (TPSA) is 87.7 Å². The molecule has 8 heteroatoms. The molecule has 0 atom stereocenters. The first kappa shape index (κ1) is 20.4. The number of ether oxygens (including phenoxy) is 2. The minimum absolute atomic E-state index is 0.335. The molecule has 0 aliphatic rings. The Morgan fingerprint density at radius 3 is 2.63 bits per heavy atom. The molecule has 2 rings (SSSR count). The lowest BCUT2D eigenvalue weighted by Crippen LogP contribution is -2.31. The van der Waals surface area contributed by atoms with Gasteiger partial charge in [0.2, 0.25) is 0 Å². The van der Waals surface area contributed by atoms with Crippen molar-refractivity contribution in [3.8, 4) is 5.75 Å². The van der Waals surface area contributed by atoms with Crippen molar-refractivity contribution < 1.29 is 14.3 Å². The van der Waals surface area contributed by atoms with Gasteiger partial charge in [-0.05, 0) is 56.2 Å². The zero-order valence-electron chi connectivity index (χ0n) is 15.9. The fourth-order valence-electron chi connectivity index (χ4n) is 2.53. The number of carbonyl (C=O) groups excluding carboxylic acids is 1. The number of aromatic amines is 1.